The van der Waals surface area contributed by atoms with Gasteiger partial charge in [0, 0.05) is 24.4 Å². The fourth-order valence-electron chi connectivity index (χ4n) is 4.56. The van der Waals surface area contributed by atoms with Gasteiger partial charge in [0.05, 0.1) is 25.9 Å². The van der Waals surface area contributed by atoms with Gasteiger partial charge in [-0.05, 0) is 50.5 Å². The van der Waals surface area contributed by atoms with Crippen molar-refractivity contribution in [2.45, 2.75) is 56.1 Å². The largest absolute Gasteiger partial charge is 0.453 e. The number of aromatic nitrogens is 2. The van der Waals surface area contributed by atoms with E-state index in [0.717, 1.165) is 44.5 Å². The van der Waals surface area contributed by atoms with Crippen LogP contribution in [-0.2, 0) is 14.9 Å². The van der Waals surface area contributed by atoms with Gasteiger partial charge in [0.1, 0.15) is 5.82 Å². The molecule has 6 heteroatoms. The third-order valence-corrected chi connectivity index (χ3v) is 6.01. The number of carbonyl (C=O) groups is 1. The van der Waals surface area contributed by atoms with Gasteiger partial charge in [-0.2, -0.15) is 0 Å². The van der Waals surface area contributed by atoms with E-state index in [9.17, 15) is 4.79 Å². The standard InChI is InChI=1S/C18H25N3O3/c1-23-17(22)21-9-2-4-14(21)12-24-15-5-6-18(11-13(18)10-15)16-19-7-3-8-20-16/h3,7-8,13-15H,2,4-6,9-12H2,1H3/t13-,14?,15+,18-/m0/s1. The minimum absolute atomic E-state index is 0.167. The summed E-state index contributed by atoms with van der Waals surface area (Å²) in [6, 6.07) is 2.04. The lowest BCUT2D eigenvalue weighted by Crippen LogP contribution is -2.39. The summed E-state index contributed by atoms with van der Waals surface area (Å²) in [5.41, 5.74) is 0.215. The van der Waals surface area contributed by atoms with Gasteiger partial charge in [-0.25, -0.2) is 14.8 Å². The van der Waals surface area contributed by atoms with E-state index in [1.165, 1.54) is 13.5 Å². The molecule has 1 aromatic rings. The monoisotopic (exact) mass is 331 g/mol. The summed E-state index contributed by atoms with van der Waals surface area (Å²) in [4.78, 5) is 22.5. The van der Waals surface area contributed by atoms with Crippen LogP contribution in [0.5, 0.6) is 0 Å². The van der Waals surface area contributed by atoms with E-state index >= 15 is 0 Å². The van der Waals surface area contributed by atoms with Crippen molar-refractivity contribution in [3.8, 4) is 0 Å². The zero-order valence-corrected chi connectivity index (χ0v) is 14.2. The molecule has 1 amide bonds. The summed E-state index contributed by atoms with van der Waals surface area (Å²) < 4.78 is 11.0. The lowest BCUT2D eigenvalue weighted by molar-refractivity contribution is -0.00417. The van der Waals surface area contributed by atoms with Gasteiger partial charge in [0.15, 0.2) is 0 Å². The van der Waals surface area contributed by atoms with Crippen LogP contribution in [0.3, 0.4) is 0 Å². The summed E-state index contributed by atoms with van der Waals surface area (Å²) in [5, 5.41) is 0. The zero-order valence-electron chi connectivity index (χ0n) is 14.2. The van der Waals surface area contributed by atoms with E-state index < -0.39 is 0 Å². The van der Waals surface area contributed by atoms with Gasteiger partial charge < -0.3 is 14.4 Å². The Morgan fingerprint density at radius 1 is 1.38 bits per heavy atom. The number of carbonyl (C=O) groups excluding carboxylic acids is 1. The molecule has 2 aliphatic carbocycles. The van der Waals surface area contributed by atoms with E-state index in [4.69, 9.17) is 9.47 Å². The van der Waals surface area contributed by atoms with E-state index in [2.05, 4.69) is 9.97 Å². The van der Waals surface area contributed by atoms with Gasteiger partial charge >= 0.3 is 6.09 Å². The van der Waals surface area contributed by atoms with Crippen LogP contribution < -0.4 is 0 Å². The number of rotatable bonds is 4. The van der Waals surface area contributed by atoms with Crippen LogP contribution >= 0.6 is 0 Å². The lowest BCUT2D eigenvalue weighted by Gasteiger charge is -2.30. The van der Waals surface area contributed by atoms with Crippen molar-refractivity contribution in [3.63, 3.8) is 0 Å². The van der Waals surface area contributed by atoms with Crippen molar-refractivity contribution >= 4 is 6.09 Å². The first-order valence-electron chi connectivity index (χ1n) is 8.96. The molecule has 1 aromatic heterocycles. The molecule has 4 atom stereocenters. The molecule has 24 heavy (non-hydrogen) atoms. The Balaban J connectivity index is 1.29. The van der Waals surface area contributed by atoms with E-state index in [1.54, 1.807) is 0 Å². The van der Waals surface area contributed by atoms with Crippen LogP contribution in [0.2, 0.25) is 0 Å². The maximum atomic E-state index is 11.8. The summed E-state index contributed by atoms with van der Waals surface area (Å²) in [6.45, 7) is 1.41. The third-order valence-electron chi connectivity index (χ3n) is 6.01. The van der Waals surface area contributed by atoms with E-state index in [-0.39, 0.29) is 17.6 Å². The molecule has 130 valence electrons. The number of ether oxygens (including phenoxy) is 2. The molecule has 4 rings (SSSR count). The normalized spacial score (nSPS) is 34.7. The number of nitrogens with zero attached hydrogens (tertiary/aromatic N) is 3. The molecule has 0 N–H and O–H groups in total. The van der Waals surface area contributed by atoms with Crippen molar-refractivity contribution in [1.82, 2.24) is 14.9 Å². The predicted octanol–water partition coefficient (Wildman–Crippen LogP) is 2.53. The van der Waals surface area contributed by atoms with Crippen molar-refractivity contribution in [2.24, 2.45) is 5.92 Å². The Hall–Kier alpha value is -1.69. The van der Waals surface area contributed by atoms with Gasteiger partial charge in [0.2, 0.25) is 0 Å². The van der Waals surface area contributed by atoms with Crippen LogP contribution in [0, 0.1) is 5.92 Å². The van der Waals surface area contributed by atoms with Crippen LogP contribution in [-0.4, -0.2) is 53.4 Å². The molecule has 2 saturated carbocycles. The predicted molar refractivity (Wildman–Crippen MR) is 87.5 cm³/mol. The van der Waals surface area contributed by atoms with Crippen molar-refractivity contribution in [1.29, 1.82) is 0 Å². The van der Waals surface area contributed by atoms with Crippen molar-refractivity contribution < 1.29 is 14.3 Å². The number of amides is 1. The van der Waals surface area contributed by atoms with Crippen LogP contribution in [0.15, 0.2) is 18.5 Å². The van der Waals surface area contributed by atoms with E-state index in [0.29, 0.717) is 18.6 Å². The Morgan fingerprint density at radius 2 is 2.21 bits per heavy atom. The first-order chi connectivity index (χ1) is 11.7. The second-order valence-corrected chi connectivity index (χ2v) is 7.32. The van der Waals surface area contributed by atoms with Crippen molar-refractivity contribution in [3.05, 3.63) is 24.3 Å². The molecule has 2 heterocycles. The molecule has 0 aromatic carbocycles. The number of methoxy groups -OCH3 is 1. The second-order valence-electron chi connectivity index (χ2n) is 7.32. The maximum Gasteiger partial charge on any atom is 0.409 e. The molecule has 3 aliphatic rings. The van der Waals surface area contributed by atoms with E-state index in [1.807, 2.05) is 23.4 Å². The minimum Gasteiger partial charge on any atom is -0.453 e. The molecular weight excluding hydrogens is 306 g/mol. The highest BCUT2D eigenvalue weighted by Gasteiger charge is 2.59. The molecule has 1 saturated heterocycles. The topological polar surface area (TPSA) is 64.5 Å². The average molecular weight is 331 g/mol. The molecule has 0 bridgehead atoms. The van der Waals surface area contributed by atoms with Crippen molar-refractivity contribution in [2.75, 3.05) is 20.3 Å². The highest BCUT2D eigenvalue weighted by molar-refractivity contribution is 5.68. The Morgan fingerprint density at radius 3 is 2.96 bits per heavy atom. The molecule has 1 unspecified atom stereocenters. The zero-order chi connectivity index (χ0) is 16.6. The van der Waals surface area contributed by atoms with Crippen LogP contribution in [0.25, 0.3) is 0 Å². The van der Waals surface area contributed by atoms with Crippen LogP contribution in [0.4, 0.5) is 4.79 Å². The van der Waals surface area contributed by atoms with Gasteiger partial charge in [-0.15, -0.1) is 0 Å². The molecule has 6 nitrogen and oxygen atoms in total. The molecular formula is C18H25N3O3. The third kappa shape index (κ3) is 2.77. The van der Waals surface area contributed by atoms with Gasteiger partial charge in [-0.1, -0.05) is 0 Å². The second kappa shape index (κ2) is 6.31. The van der Waals surface area contributed by atoms with Gasteiger partial charge in [0.25, 0.3) is 0 Å². The van der Waals surface area contributed by atoms with Gasteiger partial charge in [-0.3, -0.25) is 0 Å². The summed E-state index contributed by atoms with van der Waals surface area (Å²) in [6.07, 6.45) is 10.2. The molecule has 3 fully saturated rings. The molecule has 0 radical (unpaired) electrons. The van der Waals surface area contributed by atoms with Crippen LogP contribution in [0.1, 0.15) is 44.3 Å². The first kappa shape index (κ1) is 15.8. The number of fused-ring (bicyclic) bond motifs is 1. The Labute approximate surface area is 142 Å². The molecule has 1 aliphatic heterocycles. The fourth-order valence-corrected chi connectivity index (χ4v) is 4.56. The minimum atomic E-state index is -0.229. The fraction of sp³-hybridized carbons (Fsp3) is 0.722. The smallest absolute Gasteiger partial charge is 0.409 e. The summed E-state index contributed by atoms with van der Waals surface area (Å²) in [5.74, 6) is 1.67. The molecule has 0 spiro atoms. The highest BCUT2D eigenvalue weighted by atomic mass is 16.5. The SMILES string of the molecule is COC(=O)N1CCCC1CO[C@@H]1CC[C@]2(c3ncccn3)C[C@@H]2C1. The number of likely N-dealkylation sites (tertiary alicyclic amines) is 1. The first-order valence-corrected chi connectivity index (χ1v) is 8.96. The summed E-state index contributed by atoms with van der Waals surface area (Å²) >= 11 is 0. The maximum absolute atomic E-state index is 11.8. The number of hydrogen-bond donors (Lipinski definition) is 0. The quantitative estimate of drug-likeness (QED) is 0.848. The lowest BCUT2D eigenvalue weighted by atomic mass is 9.86. The Bertz CT molecular complexity index is 596. The average Bonchev–Trinajstić information content (AvgIpc) is 3.19. The number of hydrogen-bond acceptors (Lipinski definition) is 5. The Kier molecular flexibility index (Phi) is 4.16. The summed E-state index contributed by atoms with van der Waals surface area (Å²) in [7, 11) is 1.44. The highest BCUT2D eigenvalue weighted by Crippen LogP contribution is 2.61.